The molecule has 7 heteroatoms. The molecule has 0 atom stereocenters. The van der Waals surface area contributed by atoms with Gasteiger partial charge in [0.2, 0.25) is 0 Å². The summed E-state index contributed by atoms with van der Waals surface area (Å²) in [4.78, 5) is 14.6. The number of benzene rings is 1. The van der Waals surface area contributed by atoms with E-state index in [2.05, 4.69) is 9.84 Å². The van der Waals surface area contributed by atoms with Crippen LogP contribution in [-0.2, 0) is 13.6 Å². The Kier molecular flexibility index (Phi) is 5.77. The standard InChI is InChI=1S/C18H23F2N3O2/c1-11(2)23(10-16-12(3)21-22(5)13(16)4)17(24)14-7-6-8-15(9-14)25-18(19)20/h6-9,11,18H,10H2,1-5H3. The molecule has 136 valence electrons. The average Bonchev–Trinajstić information content (AvgIpc) is 2.76. The highest BCUT2D eigenvalue weighted by molar-refractivity contribution is 5.94. The fourth-order valence-electron chi connectivity index (χ4n) is 2.68. The van der Waals surface area contributed by atoms with Crippen molar-refractivity contribution in [1.29, 1.82) is 0 Å². The number of rotatable bonds is 6. The molecular weight excluding hydrogens is 328 g/mol. The summed E-state index contributed by atoms with van der Waals surface area (Å²) in [6.45, 7) is 5.17. The SMILES string of the molecule is Cc1nn(C)c(C)c1CN(C(=O)c1cccc(OC(F)F)c1)C(C)C. The second kappa shape index (κ2) is 7.63. The third kappa shape index (κ3) is 4.35. The predicted octanol–water partition coefficient (Wildman–Crippen LogP) is 3.69. The van der Waals surface area contributed by atoms with Gasteiger partial charge in [0.1, 0.15) is 5.75 Å². The fraction of sp³-hybridized carbons (Fsp3) is 0.444. The fourth-order valence-corrected chi connectivity index (χ4v) is 2.68. The summed E-state index contributed by atoms with van der Waals surface area (Å²) < 4.78 is 31.0. The molecule has 0 saturated carbocycles. The molecule has 2 aromatic rings. The number of alkyl halides is 2. The number of aryl methyl sites for hydroxylation is 2. The smallest absolute Gasteiger partial charge is 0.387 e. The Morgan fingerprint density at radius 3 is 2.52 bits per heavy atom. The summed E-state index contributed by atoms with van der Waals surface area (Å²) in [5, 5.41) is 4.38. The van der Waals surface area contributed by atoms with Crippen molar-refractivity contribution in [3.8, 4) is 5.75 Å². The summed E-state index contributed by atoms with van der Waals surface area (Å²) in [6.07, 6.45) is 0. The Morgan fingerprint density at radius 2 is 2.00 bits per heavy atom. The average molecular weight is 351 g/mol. The summed E-state index contributed by atoms with van der Waals surface area (Å²) in [5.74, 6) is -0.268. The van der Waals surface area contributed by atoms with Gasteiger partial charge >= 0.3 is 6.61 Å². The lowest BCUT2D eigenvalue weighted by atomic mass is 10.1. The van der Waals surface area contributed by atoms with E-state index in [1.54, 1.807) is 15.6 Å². The minimum Gasteiger partial charge on any atom is -0.435 e. The van der Waals surface area contributed by atoms with E-state index in [1.807, 2.05) is 34.7 Å². The van der Waals surface area contributed by atoms with Crippen LogP contribution in [0.5, 0.6) is 5.75 Å². The maximum atomic E-state index is 12.9. The Bertz CT molecular complexity index is 757. The maximum absolute atomic E-state index is 12.9. The first-order valence-electron chi connectivity index (χ1n) is 8.05. The van der Waals surface area contributed by atoms with Gasteiger partial charge in [-0.05, 0) is 45.9 Å². The van der Waals surface area contributed by atoms with Gasteiger partial charge in [0.15, 0.2) is 0 Å². The van der Waals surface area contributed by atoms with Gasteiger partial charge in [0.05, 0.1) is 5.69 Å². The largest absolute Gasteiger partial charge is 0.435 e. The minimum atomic E-state index is -2.92. The molecule has 1 aromatic heterocycles. The number of amides is 1. The van der Waals surface area contributed by atoms with Gasteiger partial charge in [-0.15, -0.1) is 0 Å². The van der Waals surface area contributed by atoms with Crippen molar-refractivity contribution in [2.45, 2.75) is 46.9 Å². The number of halogens is 2. The summed E-state index contributed by atoms with van der Waals surface area (Å²) in [5.41, 5.74) is 3.16. The van der Waals surface area contributed by atoms with Crippen molar-refractivity contribution in [3.63, 3.8) is 0 Å². The molecule has 0 bridgehead atoms. The monoisotopic (exact) mass is 351 g/mol. The molecule has 2 rings (SSSR count). The van der Waals surface area contributed by atoms with Gasteiger partial charge in [0, 0.05) is 36.5 Å². The second-order valence-electron chi connectivity index (χ2n) is 6.21. The highest BCUT2D eigenvalue weighted by Gasteiger charge is 2.22. The number of ether oxygens (including phenoxy) is 1. The van der Waals surface area contributed by atoms with Crippen LogP contribution in [0, 0.1) is 13.8 Å². The number of hydrogen-bond acceptors (Lipinski definition) is 3. The van der Waals surface area contributed by atoms with Gasteiger partial charge in [0.25, 0.3) is 5.91 Å². The first-order valence-corrected chi connectivity index (χ1v) is 8.05. The Hall–Kier alpha value is -2.44. The van der Waals surface area contributed by atoms with E-state index >= 15 is 0 Å². The Balaban J connectivity index is 2.29. The van der Waals surface area contributed by atoms with Crippen molar-refractivity contribution >= 4 is 5.91 Å². The van der Waals surface area contributed by atoms with Crippen LogP contribution in [-0.4, -0.2) is 33.2 Å². The highest BCUT2D eigenvalue weighted by Crippen LogP contribution is 2.21. The molecule has 0 N–H and O–H groups in total. The number of carbonyl (C=O) groups excluding carboxylic acids is 1. The molecule has 5 nitrogen and oxygen atoms in total. The van der Waals surface area contributed by atoms with E-state index in [9.17, 15) is 13.6 Å². The number of aromatic nitrogens is 2. The van der Waals surface area contributed by atoms with Crippen molar-refractivity contribution < 1.29 is 18.3 Å². The first kappa shape index (κ1) is 18.9. The van der Waals surface area contributed by atoms with Crippen molar-refractivity contribution in [1.82, 2.24) is 14.7 Å². The molecule has 0 saturated heterocycles. The molecule has 0 aliphatic heterocycles. The van der Waals surface area contributed by atoms with E-state index in [4.69, 9.17) is 0 Å². The first-order chi connectivity index (χ1) is 11.7. The number of carbonyl (C=O) groups is 1. The van der Waals surface area contributed by atoms with Crippen molar-refractivity contribution in [2.75, 3.05) is 0 Å². The third-order valence-corrected chi connectivity index (χ3v) is 4.18. The maximum Gasteiger partial charge on any atom is 0.387 e. The topological polar surface area (TPSA) is 47.4 Å². The van der Waals surface area contributed by atoms with E-state index in [-0.39, 0.29) is 17.7 Å². The molecule has 0 fully saturated rings. The van der Waals surface area contributed by atoms with Gasteiger partial charge in [-0.25, -0.2) is 0 Å². The van der Waals surface area contributed by atoms with Crippen LogP contribution in [0.15, 0.2) is 24.3 Å². The zero-order valence-corrected chi connectivity index (χ0v) is 15.1. The highest BCUT2D eigenvalue weighted by atomic mass is 19.3. The van der Waals surface area contributed by atoms with E-state index < -0.39 is 6.61 Å². The van der Waals surface area contributed by atoms with E-state index in [0.717, 1.165) is 17.0 Å². The quantitative estimate of drug-likeness (QED) is 0.797. The van der Waals surface area contributed by atoms with Crippen LogP contribution >= 0.6 is 0 Å². The number of hydrogen-bond donors (Lipinski definition) is 0. The van der Waals surface area contributed by atoms with E-state index in [0.29, 0.717) is 12.1 Å². The van der Waals surface area contributed by atoms with Crippen LogP contribution in [0.2, 0.25) is 0 Å². The van der Waals surface area contributed by atoms with Crippen LogP contribution in [0.3, 0.4) is 0 Å². The van der Waals surface area contributed by atoms with Crippen LogP contribution < -0.4 is 4.74 Å². The van der Waals surface area contributed by atoms with Gasteiger partial charge in [-0.3, -0.25) is 9.48 Å². The van der Waals surface area contributed by atoms with Gasteiger partial charge in [-0.2, -0.15) is 13.9 Å². The molecule has 1 aromatic carbocycles. The normalized spacial score (nSPS) is 11.2. The molecule has 0 unspecified atom stereocenters. The van der Waals surface area contributed by atoms with Gasteiger partial charge < -0.3 is 9.64 Å². The molecule has 0 spiro atoms. The summed E-state index contributed by atoms with van der Waals surface area (Å²) in [6, 6.07) is 5.81. The molecule has 0 aliphatic rings. The summed E-state index contributed by atoms with van der Waals surface area (Å²) in [7, 11) is 1.86. The lowest BCUT2D eigenvalue weighted by Crippen LogP contribution is -2.36. The van der Waals surface area contributed by atoms with Crippen molar-refractivity contribution in [2.24, 2.45) is 7.05 Å². The summed E-state index contributed by atoms with van der Waals surface area (Å²) >= 11 is 0. The third-order valence-electron chi connectivity index (χ3n) is 4.18. The minimum absolute atomic E-state index is 0.0294. The van der Waals surface area contributed by atoms with Crippen molar-refractivity contribution in [3.05, 3.63) is 46.8 Å². The van der Waals surface area contributed by atoms with Crippen LogP contribution in [0.25, 0.3) is 0 Å². The lowest BCUT2D eigenvalue weighted by molar-refractivity contribution is -0.0499. The molecule has 1 heterocycles. The second-order valence-corrected chi connectivity index (χ2v) is 6.21. The zero-order chi connectivity index (χ0) is 18.7. The zero-order valence-electron chi connectivity index (χ0n) is 15.1. The van der Waals surface area contributed by atoms with E-state index in [1.165, 1.54) is 18.2 Å². The molecule has 0 radical (unpaired) electrons. The Labute approximate surface area is 146 Å². The van der Waals surface area contributed by atoms with Crippen LogP contribution in [0.4, 0.5) is 8.78 Å². The molecule has 0 aliphatic carbocycles. The number of nitrogens with zero attached hydrogens (tertiary/aromatic N) is 3. The molecular formula is C18H23F2N3O2. The predicted molar refractivity (Wildman–Crippen MR) is 90.8 cm³/mol. The Morgan fingerprint density at radius 1 is 1.32 bits per heavy atom. The molecule has 1 amide bonds. The molecule has 25 heavy (non-hydrogen) atoms. The lowest BCUT2D eigenvalue weighted by Gasteiger charge is -2.27. The van der Waals surface area contributed by atoms with Gasteiger partial charge in [-0.1, -0.05) is 6.07 Å². The van der Waals surface area contributed by atoms with Crippen LogP contribution in [0.1, 0.15) is 41.2 Å².